The highest BCUT2D eigenvalue weighted by molar-refractivity contribution is 6.49. The van der Waals surface area contributed by atoms with Gasteiger partial charge in [0.1, 0.15) is 0 Å². The molecule has 0 aliphatic heterocycles. The van der Waals surface area contributed by atoms with Crippen LogP contribution in [-0.2, 0) is 14.6 Å². The number of hydrogen-bond donors (Lipinski definition) is 0. The largest absolute Gasteiger partial charge is 0.508 e. The third-order valence-corrected chi connectivity index (χ3v) is 3.12. The van der Waals surface area contributed by atoms with Gasteiger partial charge in [-0.15, -0.1) is 0 Å². The lowest BCUT2D eigenvalue weighted by Crippen LogP contribution is -2.29. The van der Waals surface area contributed by atoms with Crippen molar-refractivity contribution in [2.45, 2.75) is 26.2 Å². The van der Waals surface area contributed by atoms with Gasteiger partial charge in [-0.1, -0.05) is 51.6 Å². The number of benzene rings is 1. The first-order valence-electron chi connectivity index (χ1n) is 5.14. The highest BCUT2D eigenvalue weighted by Gasteiger charge is 2.18. The van der Waals surface area contributed by atoms with E-state index in [0.29, 0.717) is 0 Å². The fourth-order valence-electron chi connectivity index (χ4n) is 1.37. The molecule has 0 spiro atoms. The molecule has 0 unspecified atom stereocenters. The van der Waals surface area contributed by atoms with Crippen LogP contribution >= 0.6 is 0 Å². The molecule has 0 atom stereocenters. The molecule has 0 amide bonds. The SMILES string of the molecule is C=CC(=O)O[Si]c1ccccc1C(C)(C)C. The van der Waals surface area contributed by atoms with Crippen molar-refractivity contribution in [1.82, 2.24) is 0 Å². The van der Waals surface area contributed by atoms with E-state index in [2.05, 4.69) is 33.4 Å². The van der Waals surface area contributed by atoms with Crippen molar-refractivity contribution in [3.63, 3.8) is 0 Å². The van der Waals surface area contributed by atoms with Gasteiger partial charge in [0, 0.05) is 6.08 Å². The number of carbonyl (C=O) groups excluding carboxylic acids is 1. The molecule has 84 valence electrons. The normalized spacial score (nSPS) is 10.9. The third kappa shape index (κ3) is 3.34. The standard InChI is InChI=1S/C13H16O2Si/c1-5-12(14)15-16-11-9-7-6-8-10(11)13(2,3)4/h5-9H,1H2,2-4H3. The molecular weight excluding hydrogens is 216 g/mol. The van der Waals surface area contributed by atoms with Crippen LogP contribution in [0.5, 0.6) is 0 Å². The Hall–Kier alpha value is -1.35. The van der Waals surface area contributed by atoms with Crippen molar-refractivity contribution >= 4 is 20.9 Å². The monoisotopic (exact) mass is 232 g/mol. The Labute approximate surface area is 99.3 Å². The number of carbonyl (C=O) groups is 1. The fraction of sp³-hybridized carbons (Fsp3) is 0.308. The van der Waals surface area contributed by atoms with Gasteiger partial charge in [-0.2, -0.15) is 0 Å². The van der Waals surface area contributed by atoms with E-state index in [1.54, 1.807) is 0 Å². The van der Waals surface area contributed by atoms with Gasteiger partial charge in [0.15, 0.2) is 0 Å². The van der Waals surface area contributed by atoms with Gasteiger partial charge >= 0.3 is 15.7 Å². The van der Waals surface area contributed by atoms with Gasteiger partial charge in [0.05, 0.1) is 0 Å². The van der Waals surface area contributed by atoms with Crippen molar-refractivity contribution in [1.29, 1.82) is 0 Å². The van der Waals surface area contributed by atoms with Gasteiger partial charge in [-0.05, 0) is 16.2 Å². The maximum atomic E-state index is 11.0. The molecule has 1 aromatic carbocycles. The lowest BCUT2D eigenvalue weighted by atomic mass is 9.87. The zero-order valence-corrected chi connectivity index (χ0v) is 10.9. The van der Waals surface area contributed by atoms with Crippen LogP contribution in [-0.4, -0.2) is 15.7 Å². The Kier molecular flexibility index (Phi) is 4.07. The Balaban J connectivity index is 2.87. The van der Waals surface area contributed by atoms with Gasteiger partial charge in [0.2, 0.25) is 0 Å². The van der Waals surface area contributed by atoms with Crippen molar-refractivity contribution in [2.75, 3.05) is 0 Å². The highest BCUT2D eigenvalue weighted by Crippen LogP contribution is 2.19. The van der Waals surface area contributed by atoms with Gasteiger partial charge < -0.3 is 4.43 Å². The Morgan fingerprint density at radius 1 is 1.38 bits per heavy atom. The first-order chi connectivity index (χ1) is 7.45. The first kappa shape index (κ1) is 12.7. The molecule has 2 nitrogen and oxygen atoms in total. The van der Waals surface area contributed by atoms with Crippen LogP contribution in [0.2, 0.25) is 0 Å². The lowest BCUT2D eigenvalue weighted by Gasteiger charge is -2.22. The van der Waals surface area contributed by atoms with Crippen LogP contribution in [0.15, 0.2) is 36.9 Å². The second-order valence-electron chi connectivity index (χ2n) is 4.52. The summed E-state index contributed by atoms with van der Waals surface area (Å²) in [7, 11) is 0.0432. The van der Waals surface area contributed by atoms with Crippen LogP contribution in [0, 0.1) is 0 Å². The van der Waals surface area contributed by atoms with Crippen LogP contribution in [0.4, 0.5) is 0 Å². The van der Waals surface area contributed by atoms with E-state index in [9.17, 15) is 4.79 Å². The molecule has 0 saturated heterocycles. The topological polar surface area (TPSA) is 26.3 Å². The van der Waals surface area contributed by atoms with E-state index in [1.165, 1.54) is 11.6 Å². The summed E-state index contributed by atoms with van der Waals surface area (Å²) < 4.78 is 5.08. The second-order valence-corrected chi connectivity index (χ2v) is 5.47. The second kappa shape index (κ2) is 5.12. The molecule has 0 bridgehead atoms. The lowest BCUT2D eigenvalue weighted by molar-refractivity contribution is -0.128. The molecule has 0 fully saturated rings. The van der Waals surface area contributed by atoms with Crippen LogP contribution < -0.4 is 5.19 Å². The Morgan fingerprint density at radius 2 is 2.00 bits per heavy atom. The van der Waals surface area contributed by atoms with E-state index in [4.69, 9.17) is 4.43 Å². The summed E-state index contributed by atoms with van der Waals surface area (Å²) >= 11 is 0. The van der Waals surface area contributed by atoms with E-state index in [1.807, 2.05) is 18.2 Å². The maximum Gasteiger partial charge on any atom is 0.356 e. The van der Waals surface area contributed by atoms with Gasteiger partial charge in [0.25, 0.3) is 0 Å². The van der Waals surface area contributed by atoms with E-state index >= 15 is 0 Å². The molecule has 3 heteroatoms. The minimum absolute atomic E-state index is 0.0432. The predicted molar refractivity (Wildman–Crippen MR) is 66.8 cm³/mol. The molecule has 0 aromatic heterocycles. The van der Waals surface area contributed by atoms with Crippen LogP contribution in [0.25, 0.3) is 0 Å². The van der Waals surface area contributed by atoms with E-state index in [-0.39, 0.29) is 21.1 Å². The average molecular weight is 232 g/mol. The average Bonchev–Trinajstić information content (AvgIpc) is 2.25. The summed E-state index contributed by atoms with van der Waals surface area (Å²) in [6.45, 7) is 9.81. The van der Waals surface area contributed by atoms with Gasteiger partial charge in [-0.25, -0.2) is 4.79 Å². The van der Waals surface area contributed by atoms with Gasteiger partial charge in [-0.3, -0.25) is 0 Å². The summed E-state index contributed by atoms with van der Waals surface area (Å²) in [5, 5.41) is 1.07. The molecule has 1 rings (SSSR count). The predicted octanol–water partition coefficient (Wildman–Crippen LogP) is 1.96. The zero-order chi connectivity index (χ0) is 12.2. The molecule has 0 aliphatic carbocycles. The maximum absolute atomic E-state index is 11.0. The van der Waals surface area contributed by atoms with Crippen molar-refractivity contribution in [3.8, 4) is 0 Å². The molecule has 0 heterocycles. The minimum Gasteiger partial charge on any atom is -0.508 e. The van der Waals surface area contributed by atoms with E-state index < -0.39 is 0 Å². The molecule has 2 radical (unpaired) electrons. The summed E-state index contributed by atoms with van der Waals surface area (Å²) in [6.07, 6.45) is 1.19. The summed E-state index contributed by atoms with van der Waals surface area (Å²) in [5.41, 5.74) is 1.27. The van der Waals surface area contributed by atoms with Crippen LogP contribution in [0.3, 0.4) is 0 Å². The Bertz CT molecular complexity index is 391. The molecule has 0 N–H and O–H groups in total. The smallest absolute Gasteiger partial charge is 0.356 e. The number of rotatable bonds is 3. The highest BCUT2D eigenvalue weighted by atomic mass is 28.2. The molecular formula is C13H16O2Si. The van der Waals surface area contributed by atoms with Crippen molar-refractivity contribution in [2.24, 2.45) is 0 Å². The van der Waals surface area contributed by atoms with Crippen molar-refractivity contribution in [3.05, 3.63) is 42.5 Å². The molecule has 16 heavy (non-hydrogen) atoms. The summed E-state index contributed by atoms with van der Waals surface area (Å²) in [5.74, 6) is -0.373. The van der Waals surface area contributed by atoms with Crippen LogP contribution in [0.1, 0.15) is 26.3 Å². The number of hydrogen-bond acceptors (Lipinski definition) is 2. The zero-order valence-electron chi connectivity index (χ0n) is 9.91. The molecule has 1 aromatic rings. The minimum atomic E-state index is -0.373. The molecule has 0 saturated carbocycles. The Morgan fingerprint density at radius 3 is 2.56 bits per heavy atom. The quantitative estimate of drug-likeness (QED) is 0.588. The summed E-state index contributed by atoms with van der Waals surface area (Å²) in [4.78, 5) is 11.0. The molecule has 0 aliphatic rings. The fourth-order valence-corrected chi connectivity index (χ4v) is 2.40. The van der Waals surface area contributed by atoms with Crippen molar-refractivity contribution < 1.29 is 9.22 Å². The third-order valence-electron chi connectivity index (χ3n) is 2.16. The van der Waals surface area contributed by atoms with E-state index in [0.717, 1.165) is 5.19 Å². The summed E-state index contributed by atoms with van der Waals surface area (Å²) in [6, 6.07) is 8.03. The first-order valence-corrected chi connectivity index (χ1v) is 6.04.